The summed E-state index contributed by atoms with van der Waals surface area (Å²) < 4.78 is 21.1. The van der Waals surface area contributed by atoms with E-state index in [0.29, 0.717) is 30.3 Å². The molecule has 3 fully saturated rings. The molecule has 6 nitrogen and oxygen atoms in total. The van der Waals surface area contributed by atoms with Gasteiger partial charge in [0.25, 0.3) is 0 Å². The quantitative estimate of drug-likeness (QED) is 0.259. The molecule has 5 aliphatic rings. The van der Waals surface area contributed by atoms with E-state index in [1.165, 1.54) is 29.0 Å². The molecule has 0 radical (unpaired) electrons. The third-order valence-corrected chi connectivity index (χ3v) is 15.4. The zero-order valence-electron chi connectivity index (χ0n) is 30.4. The number of nitrogens with zero attached hydrogens (tertiary/aromatic N) is 2. The first-order valence-corrected chi connectivity index (χ1v) is 18.6. The van der Waals surface area contributed by atoms with Crippen LogP contribution in [0.15, 0.2) is 42.1 Å². The lowest BCUT2D eigenvalue weighted by atomic mass is 9.33. The second-order valence-corrected chi connectivity index (χ2v) is 17.6. The van der Waals surface area contributed by atoms with Gasteiger partial charge in [0.05, 0.1) is 29.6 Å². The van der Waals surface area contributed by atoms with Gasteiger partial charge in [0.15, 0.2) is 0 Å². The topological polar surface area (TPSA) is 73.2 Å². The van der Waals surface area contributed by atoms with E-state index in [9.17, 15) is 14.0 Å². The first-order chi connectivity index (χ1) is 22.6. The van der Waals surface area contributed by atoms with Crippen LogP contribution in [0.4, 0.5) is 4.39 Å². The number of rotatable bonds is 5. The molecule has 0 bridgehead atoms. The number of esters is 1. The Kier molecular flexibility index (Phi) is 7.88. The highest BCUT2D eigenvalue weighted by Gasteiger charge is 2.69. The summed E-state index contributed by atoms with van der Waals surface area (Å²) >= 11 is 0. The third-order valence-electron chi connectivity index (χ3n) is 15.4. The number of benzene rings is 1. The second kappa shape index (κ2) is 11.3. The molecule has 3 saturated carbocycles. The van der Waals surface area contributed by atoms with Crippen molar-refractivity contribution < 1.29 is 18.7 Å². The van der Waals surface area contributed by atoms with Gasteiger partial charge in [-0.3, -0.25) is 9.59 Å². The highest BCUT2D eigenvalue weighted by Crippen LogP contribution is 2.75. The van der Waals surface area contributed by atoms with Gasteiger partial charge < -0.3 is 10.1 Å². The predicted octanol–water partition coefficient (Wildman–Crippen LogP) is 8.36. The van der Waals surface area contributed by atoms with Crippen LogP contribution in [0, 0.1) is 57.1 Å². The van der Waals surface area contributed by atoms with Crippen molar-refractivity contribution in [3.8, 4) is 5.69 Å². The summed E-state index contributed by atoms with van der Waals surface area (Å²) in [6, 6.07) is 6.73. The number of allylic oxidation sites excluding steroid dienone is 2. The Labute approximate surface area is 286 Å². The Morgan fingerprint density at radius 2 is 1.73 bits per heavy atom. The smallest absolute Gasteiger partial charge is 0.325 e. The van der Waals surface area contributed by atoms with Crippen LogP contribution < -0.4 is 5.32 Å². The van der Waals surface area contributed by atoms with Gasteiger partial charge in [-0.05, 0) is 134 Å². The lowest BCUT2D eigenvalue weighted by Gasteiger charge is -2.71. The summed E-state index contributed by atoms with van der Waals surface area (Å²) in [6.45, 7) is 19.4. The van der Waals surface area contributed by atoms with Gasteiger partial charge in [-0.25, -0.2) is 9.07 Å². The van der Waals surface area contributed by atoms with E-state index in [-0.39, 0.29) is 51.8 Å². The largest absolute Gasteiger partial charge is 0.465 e. The minimum Gasteiger partial charge on any atom is -0.465 e. The fourth-order valence-electron chi connectivity index (χ4n) is 12.8. The molecular formula is C41H56FN3O3. The van der Waals surface area contributed by atoms with Crippen LogP contribution in [-0.2, 0) is 26.2 Å². The molecule has 48 heavy (non-hydrogen) atoms. The van der Waals surface area contributed by atoms with E-state index in [1.807, 2.05) is 12.1 Å². The number of hydrogen-bond acceptors (Lipinski definition) is 4. The molecule has 7 rings (SSSR count). The molecule has 7 heteroatoms. The Hall–Kier alpha value is -2.96. The molecule has 1 heterocycles. The average Bonchev–Trinajstić information content (AvgIpc) is 3.46. The zero-order valence-corrected chi connectivity index (χ0v) is 30.4. The van der Waals surface area contributed by atoms with Gasteiger partial charge in [-0.15, -0.1) is 0 Å². The van der Waals surface area contributed by atoms with Crippen molar-refractivity contribution in [2.24, 2.45) is 51.2 Å². The van der Waals surface area contributed by atoms with Crippen molar-refractivity contribution in [3.05, 3.63) is 59.2 Å². The Morgan fingerprint density at radius 3 is 2.44 bits per heavy atom. The van der Waals surface area contributed by atoms with Crippen LogP contribution in [0.2, 0.25) is 0 Å². The number of aromatic nitrogens is 2. The number of halogens is 1. The molecule has 1 aromatic heterocycles. The molecule has 0 unspecified atom stereocenters. The Balaban J connectivity index is 1.26. The first-order valence-electron chi connectivity index (χ1n) is 18.6. The summed E-state index contributed by atoms with van der Waals surface area (Å²) in [7, 11) is 0. The Bertz CT molecular complexity index is 1640. The van der Waals surface area contributed by atoms with E-state index >= 15 is 0 Å². The second-order valence-electron chi connectivity index (χ2n) is 17.6. The summed E-state index contributed by atoms with van der Waals surface area (Å²) in [5.41, 5.74) is 4.63. The molecule has 260 valence electrons. The summed E-state index contributed by atoms with van der Waals surface area (Å²) in [4.78, 5) is 26.5. The number of nitrogens with one attached hydrogen (secondary N) is 1. The van der Waals surface area contributed by atoms with E-state index in [1.54, 1.807) is 6.92 Å². The maximum absolute atomic E-state index is 14.2. The Morgan fingerprint density at radius 1 is 1.00 bits per heavy atom. The highest BCUT2D eigenvalue weighted by molar-refractivity contribution is 5.87. The number of ether oxygens (including phenoxy) is 1. The number of carbonyl (C=O) groups excluding carboxylic acids is 2. The highest BCUT2D eigenvalue weighted by atomic mass is 19.1. The number of amides is 1. The molecule has 0 saturated heterocycles. The molecule has 5 aliphatic carbocycles. The molecule has 0 aliphatic heterocycles. The van der Waals surface area contributed by atoms with Crippen molar-refractivity contribution in [2.45, 2.75) is 112 Å². The standard InChI is InChI=1S/C41H56FN3O3/c1-9-48-33(46)24-43-36(47)41-19-16-25(2)26(3)34(41)30-14-15-32-38(6)22-27-23-44-45(29-12-10-28(42)11-13-29)35(27)37(4,5)31(38)17-18-40(32,8)39(30,7)20-21-41/h10-14,23,25-26,31-32,34H,9,15-22,24H2,1-8H3,(H,43,47)/t25-,26+,31+,32-,34+,38+,39-,40-,41+/m1/s1. The van der Waals surface area contributed by atoms with E-state index in [2.05, 4.69) is 70.7 Å². The summed E-state index contributed by atoms with van der Waals surface area (Å²) in [5, 5.41) is 7.97. The van der Waals surface area contributed by atoms with E-state index in [4.69, 9.17) is 9.84 Å². The fourth-order valence-corrected chi connectivity index (χ4v) is 12.8. The SMILES string of the molecule is CCOC(=O)CNC(=O)[C@]12CC[C@@H](C)[C@H](C)[C@H]1C1=CC[C@@H]3[C@@]4(C)Cc5cnn(-c6ccc(F)cc6)c5C(C)(C)[C@@H]4CC[C@@]3(C)[C@]1(C)CC2. The van der Waals surface area contributed by atoms with Gasteiger partial charge in [0.2, 0.25) is 5.91 Å². The average molecular weight is 658 g/mol. The minimum absolute atomic E-state index is 0.00643. The summed E-state index contributed by atoms with van der Waals surface area (Å²) in [5.74, 6) is 1.53. The molecule has 2 aromatic rings. The number of fused-ring (bicyclic) bond motifs is 8. The van der Waals surface area contributed by atoms with Gasteiger partial charge in [0, 0.05) is 5.41 Å². The number of carbonyl (C=O) groups is 2. The van der Waals surface area contributed by atoms with Gasteiger partial charge in [-0.2, -0.15) is 5.10 Å². The van der Waals surface area contributed by atoms with Crippen LogP contribution >= 0.6 is 0 Å². The molecular weight excluding hydrogens is 601 g/mol. The van der Waals surface area contributed by atoms with E-state index in [0.717, 1.165) is 57.1 Å². The van der Waals surface area contributed by atoms with Gasteiger partial charge in [-0.1, -0.05) is 60.1 Å². The fraction of sp³-hybridized carbons (Fsp3) is 0.683. The van der Waals surface area contributed by atoms with Crippen LogP contribution in [0.25, 0.3) is 5.69 Å². The number of hydrogen-bond donors (Lipinski definition) is 1. The zero-order chi connectivity index (χ0) is 34.4. The molecule has 0 spiro atoms. The van der Waals surface area contributed by atoms with Crippen molar-refractivity contribution >= 4 is 11.9 Å². The van der Waals surface area contributed by atoms with Crippen molar-refractivity contribution in [2.75, 3.05) is 13.2 Å². The first kappa shape index (κ1) is 33.5. The lowest BCUT2D eigenvalue weighted by molar-refractivity contribution is -0.170. The van der Waals surface area contributed by atoms with E-state index < -0.39 is 5.41 Å². The molecule has 9 atom stereocenters. The normalized spacial score (nSPS) is 39.4. The van der Waals surface area contributed by atoms with Crippen LogP contribution in [0.5, 0.6) is 0 Å². The minimum atomic E-state index is -0.481. The third kappa shape index (κ3) is 4.50. The summed E-state index contributed by atoms with van der Waals surface area (Å²) in [6.07, 6.45) is 12.8. The monoisotopic (exact) mass is 657 g/mol. The maximum Gasteiger partial charge on any atom is 0.325 e. The molecule has 1 amide bonds. The van der Waals surface area contributed by atoms with Crippen molar-refractivity contribution in [1.82, 2.24) is 15.1 Å². The van der Waals surface area contributed by atoms with Crippen molar-refractivity contribution in [1.29, 1.82) is 0 Å². The van der Waals surface area contributed by atoms with Gasteiger partial charge in [0.1, 0.15) is 12.4 Å². The van der Waals surface area contributed by atoms with Crippen molar-refractivity contribution in [3.63, 3.8) is 0 Å². The van der Waals surface area contributed by atoms with Crippen LogP contribution in [0.1, 0.15) is 112 Å². The lowest BCUT2D eigenvalue weighted by Crippen LogP contribution is -2.66. The van der Waals surface area contributed by atoms with Gasteiger partial charge >= 0.3 is 5.97 Å². The van der Waals surface area contributed by atoms with Crippen LogP contribution in [0.3, 0.4) is 0 Å². The molecule has 1 N–H and O–H groups in total. The molecule has 1 aromatic carbocycles. The van der Waals surface area contributed by atoms with Crippen LogP contribution in [-0.4, -0.2) is 34.8 Å². The predicted molar refractivity (Wildman–Crippen MR) is 186 cm³/mol. The maximum atomic E-state index is 14.2.